The standard InChI is InChI=1S/C23H19Cl2N3O3/c1-30-18-11-14(17(25)12-19(18)31-2)21(28-20-7-3-4-8-26-20)15-10-16(24)13-6-5-9-27-22(13)23(15)29/h3-12,21,29H,1-2H3,(H,26,28)/t21-/m0/s1. The number of ether oxygens (including phenoxy) is 2. The van der Waals surface area contributed by atoms with Crippen LogP contribution in [0.3, 0.4) is 0 Å². The van der Waals surface area contributed by atoms with Gasteiger partial charge in [-0.2, -0.15) is 0 Å². The fraction of sp³-hybridized carbons (Fsp3) is 0.130. The number of methoxy groups -OCH3 is 2. The van der Waals surface area contributed by atoms with Crippen molar-refractivity contribution in [2.45, 2.75) is 6.04 Å². The van der Waals surface area contributed by atoms with E-state index in [2.05, 4.69) is 15.3 Å². The van der Waals surface area contributed by atoms with Gasteiger partial charge in [0.2, 0.25) is 0 Å². The molecule has 8 heteroatoms. The first-order chi connectivity index (χ1) is 15.0. The molecule has 0 saturated carbocycles. The number of phenolic OH excluding ortho intramolecular Hbond substituents is 1. The number of aromatic nitrogens is 2. The topological polar surface area (TPSA) is 76.5 Å². The van der Waals surface area contributed by atoms with Crippen LogP contribution in [0.25, 0.3) is 10.9 Å². The molecule has 1 atom stereocenters. The molecular formula is C23H19Cl2N3O3. The molecule has 6 nitrogen and oxygen atoms in total. The molecule has 2 aromatic carbocycles. The van der Waals surface area contributed by atoms with Crippen LogP contribution < -0.4 is 14.8 Å². The Hall–Kier alpha value is -3.22. The van der Waals surface area contributed by atoms with Gasteiger partial charge in [0.25, 0.3) is 0 Å². The summed E-state index contributed by atoms with van der Waals surface area (Å²) in [5.74, 6) is 1.59. The summed E-state index contributed by atoms with van der Waals surface area (Å²) in [6.45, 7) is 0. The maximum Gasteiger partial charge on any atom is 0.162 e. The normalized spacial score (nSPS) is 11.9. The molecule has 0 bridgehead atoms. The third-order valence-corrected chi connectivity index (χ3v) is 5.57. The Bertz CT molecular complexity index is 1240. The summed E-state index contributed by atoms with van der Waals surface area (Å²) in [4.78, 5) is 8.66. The Morgan fingerprint density at radius 2 is 1.61 bits per heavy atom. The number of hydrogen-bond donors (Lipinski definition) is 2. The van der Waals surface area contributed by atoms with Crippen LogP contribution in [0.1, 0.15) is 17.2 Å². The van der Waals surface area contributed by atoms with Crippen LogP contribution >= 0.6 is 23.2 Å². The van der Waals surface area contributed by atoms with Crippen LogP contribution in [0, 0.1) is 0 Å². The number of nitrogens with one attached hydrogen (secondary N) is 1. The Morgan fingerprint density at radius 3 is 2.32 bits per heavy atom. The van der Waals surface area contributed by atoms with Gasteiger partial charge in [-0.25, -0.2) is 4.98 Å². The van der Waals surface area contributed by atoms with E-state index < -0.39 is 6.04 Å². The summed E-state index contributed by atoms with van der Waals surface area (Å²) in [5, 5.41) is 16.0. The Balaban J connectivity index is 1.95. The maximum absolute atomic E-state index is 11.1. The second-order valence-corrected chi connectivity index (χ2v) is 7.53. The van der Waals surface area contributed by atoms with Crippen LogP contribution in [-0.2, 0) is 0 Å². The highest BCUT2D eigenvalue weighted by Gasteiger charge is 2.25. The van der Waals surface area contributed by atoms with Gasteiger partial charge in [-0.1, -0.05) is 29.3 Å². The van der Waals surface area contributed by atoms with E-state index in [4.69, 9.17) is 32.7 Å². The van der Waals surface area contributed by atoms with E-state index in [0.717, 1.165) is 0 Å². The van der Waals surface area contributed by atoms with Crippen molar-refractivity contribution in [2.75, 3.05) is 19.5 Å². The largest absolute Gasteiger partial charge is 0.505 e. The van der Waals surface area contributed by atoms with E-state index in [1.807, 2.05) is 18.2 Å². The number of phenols is 1. The number of benzene rings is 2. The second-order valence-electron chi connectivity index (χ2n) is 6.72. The zero-order valence-electron chi connectivity index (χ0n) is 16.8. The molecule has 0 unspecified atom stereocenters. The monoisotopic (exact) mass is 455 g/mol. The lowest BCUT2D eigenvalue weighted by Crippen LogP contribution is -2.15. The lowest BCUT2D eigenvalue weighted by atomic mass is 9.95. The van der Waals surface area contributed by atoms with Gasteiger partial charge >= 0.3 is 0 Å². The average molecular weight is 456 g/mol. The summed E-state index contributed by atoms with van der Waals surface area (Å²) in [7, 11) is 3.09. The zero-order chi connectivity index (χ0) is 22.0. The predicted octanol–water partition coefficient (Wildman–Crippen LogP) is 5.86. The van der Waals surface area contributed by atoms with Crippen LogP contribution in [0.4, 0.5) is 5.82 Å². The van der Waals surface area contributed by atoms with E-state index in [9.17, 15) is 5.11 Å². The van der Waals surface area contributed by atoms with E-state index >= 15 is 0 Å². The molecule has 31 heavy (non-hydrogen) atoms. The van der Waals surface area contributed by atoms with Gasteiger partial charge in [0, 0.05) is 35.0 Å². The summed E-state index contributed by atoms with van der Waals surface area (Å²) >= 11 is 13.2. The summed E-state index contributed by atoms with van der Waals surface area (Å²) in [6.07, 6.45) is 3.27. The molecule has 0 fully saturated rings. The third kappa shape index (κ3) is 4.04. The smallest absolute Gasteiger partial charge is 0.162 e. The molecular weight excluding hydrogens is 437 g/mol. The summed E-state index contributed by atoms with van der Waals surface area (Å²) < 4.78 is 10.8. The van der Waals surface area contributed by atoms with Gasteiger partial charge in [-0.05, 0) is 36.4 Å². The molecule has 2 heterocycles. The molecule has 0 radical (unpaired) electrons. The fourth-order valence-corrected chi connectivity index (χ4v) is 3.97. The Labute approximate surface area is 189 Å². The van der Waals surface area contributed by atoms with Crippen LogP contribution in [0.5, 0.6) is 17.2 Å². The lowest BCUT2D eigenvalue weighted by Gasteiger charge is -2.24. The van der Waals surface area contributed by atoms with Crippen LogP contribution in [-0.4, -0.2) is 29.3 Å². The van der Waals surface area contributed by atoms with Gasteiger partial charge in [-0.15, -0.1) is 0 Å². The SMILES string of the molecule is COc1cc(Cl)c([C@H](Nc2ccccn2)c2cc(Cl)c3cccnc3c2O)cc1OC. The number of rotatable bonds is 6. The zero-order valence-corrected chi connectivity index (χ0v) is 18.3. The predicted molar refractivity (Wildman–Crippen MR) is 123 cm³/mol. The van der Waals surface area contributed by atoms with E-state index in [1.54, 1.807) is 49.8 Å². The molecule has 0 saturated heterocycles. The van der Waals surface area contributed by atoms with Gasteiger partial charge in [0.05, 0.1) is 30.3 Å². The van der Waals surface area contributed by atoms with Crippen molar-refractivity contribution in [3.63, 3.8) is 0 Å². The van der Waals surface area contributed by atoms with E-state index in [0.29, 0.717) is 49.4 Å². The van der Waals surface area contributed by atoms with Gasteiger partial charge < -0.3 is 19.9 Å². The molecule has 0 amide bonds. The molecule has 2 aromatic heterocycles. The number of fused-ring (bicyclic) bond motifs is 1. The number of hydrogen-bond acceptors (Lipinski definition) is 6. The quantitative estimate of drug-likeness (QED) is 0.379. The van der Waals surface area contributed by atoms with Gasteiger partial charge in [0.15, 0.2) is 11.5 Å². The molecule has 0 aliphatic heterocycles. The number of aromatic hydroxyl groups is 1. The van der Waals surface area contributed by atoms with Crippen molar-refractivity contribution >= 4 is 39.9 Å². The Kier molecular flexibility index (Phi) is 6.02. The second kappa shape index (κ2) is 8.88. The van der Waals surface area contributed by atoms with Gasteiger partial charge in [0.1, 0.15) is 17.1 Å². The minimum absolute atomic E-state index is 0.000664. The number of anilines is 1. The summed E-state index contributed by atoms with van der Waals surface area (Å²) in [5.41, 5.74) is 1.54. The lowest BCUT2D eigenvalue weighted by molar-refractivity contribution is 0.354. The van der Waals surface area contributed by atoms with Crippen molar-refractivity contribution in [3.8, 4) is 17.2 Å². The molecule has 0 aliphatic carbocycles. The van der Waals surface area contributed by atoms with Crippen molar-refractivity contribution in [1.82, 2.24) is 9.97 Å². The molecule has 158 valence electrons. The average Bonchev–Trinajstić information content (AvgIpc) is 2.80. The third-order valence-electron chi connectivity index (χ3n) is 4.93. The first-order valence-electron chi connectivity index (χ1n) is 9.38. The van der Waals surface area contributed by atoms with Crippen molar-refractivity contribution in [2.24, 2.45) is 0 Å². The maximum atomic E-state index is 11.1. The number of pyridine rings is 2. The van der Waals surface area contributed by atoms with Crippen molar-refractivity contribution < 1.29 is 14.6 Å². The number of nitrogens with zero attached hydrogens (tertiary/aromatic N) is 2. The minimum Gasteiger partial charge on any atom is -0.505 e. The van der Waals surface area contributed by atoms with Crippen LogP contribution in [0.15, 0.2) is 60.9 Å². The highest BCUT2D eigenvalue weighted by molar-refractivity contribution is 6.35. The van der Waals surface area contributed by atoms with Crippen molar-refractivity contribution in [3.05, 3.63) is 82.1 Å². The first kappa shape index (κ1) is 21.0. The Morgan fingerprint density at radius 1 is 0.871 bits per heavy atom. The van der Waals surface area contributed by atoms with E-state index in [1.165, 1.54) is 7.11 Å². The van der Waals surface area contributed by atoms with Crippen molar-refractivity contribution in [1.29, 1.82) is 0 Å². The van der Waals surface area contributed by atoms with Crippen LogP contribution in [0.2, 0.25) is 10.0 Å². The van der Waals surface area contributed by atoms with E-state index in [-0.39, 0.29) is 5.75 Å². The molecule has 0 aliphatic rings. The molecule has 4 aromatic rings. The summed E-state index contributed by atoms with van der Waals surface area (Å²) in [6, 6.07) is 13.6. The first-order valence-corrected chi connectivity index (χ1v) is 10.1. The highest BCUT2D eigenvalue weighted by Crippen LogP contribution is 2.43. The fourth-order valence-electron chi connectivity index (χ4n) is 3.44. The molecule has 2 N–H and O–H groups in total. The number of halogens is 2. The molecule has 0 spiro atoms. The van der Waals surface area contributed by atoms with Gasteiger partial charge in [-0.3, -0.25) is 4.98 Å². The highest BCUT2D eigenvalue weighted by atomic mass is 35.5. The molecule has 4 rings (SSSR count). The minimum atomic E-state index is -0.605.